The predicted octanol–water partition coefficient (Wildman–Crippen LogP) is 2.98. The average molecular weight is 335 g/mol. The molecule has 0 unspecified atom stereocenters. The lowest BCUT2D eigenvalue weighted by atomic mass is 10.1. The number of rotatable bonds is 6. The summed E-state index contributed by atoms with van der Waals surface area (Å²) >= 11 is 0. The molecule has 3 N–H and O–H groups in total. The molecular weight excluding hydrogens is 321 g/mol. The number of aryl methyl sites for hydroxylation is 1. The molecule has 0 aliphatic rings. The van der Waals surface area contributed by atoms with Gasteiger partial charge in [-0.2, -0.15) is 0 Å². The van der Waals surface area contributed by atoms with E-state index < -0.39 is 40.5 Å². The van der Waals surface area contributed by atoms with Crippen LogP contribution in [0.25, 0.3) is 0 Å². The van der Waals surface area contributed by atoms with E-state index in [0.717, 1.165) is 5.56 Å². The lowest BCUT2D eigenvalue weighted by Crippen LogP contribution is -2.19. The van der Waals surface area contributed by atoms with E-state index in [1.165, 1.54) is 6.42 Å². The minimum Gasteiger partial charge on any atom is -0.366 e. The second kappa shape index (κ2) is 7.63. The van der Waals surface area contributed by atoms with Crippen molar-refractivity contribution in [1.29, 1.82) is 0 Å². The molecule has 2 amide bonds. The summed E-state index contributed by atoms with van der Waals surface area (Å²) in [6, 6.07) is 10.0. The number of amides is 2. The molecule has 2 rings (SSSR count). The normalized spacial score (nSPS) is 10.5. The van der Waals surface area contributed by atoms with Gasteiger partial charge >= 0.3 is 0 Å². The third kappa shape index (κ3) is 4.13. The Labute approximate surface area is 136 Å². The van der Waals surface area contributed by atoms with E-state index in [4.69, 9.17) is 5.73 Å². The van der Waals surface area contributed by atoms with Crippen LogP contribution in [0.3, 0.4) is 0 Å². The molecule has 0 heterocycles. The number of carbonyl (C=O) groups excluding carboxylic acids is 2. The topological polar surface area (TPSA) is 72.2 Å². The zero-order chi connectivity index (χ0) is 17.7. The lowest BCUT2D eigenvalue weighted by molar-refractivity contribution is -0.113. The maximum Gasteiger partial charge on any atom is 0.251 e. The molecule has 2 aromatic carbocycles. The standard InChI is InChI=1S/C17H14F3N2O2/c18-14-11(17(21)24)9-12(15(19)16(14)20)22-13(23)8-4-7-10-5-2-1-3-6-10/h1-3,5-6,8-9H,4,7H2,(H2,21,24)(H,22,23). The molecule has 0 atom stereocenters. The van der Waals surface area contributed by atoms with E-state index in [1.807, 2.05) is 30.3 Å². The quantitative estimate of drug-likeness (QED) is 0.797. The van der Waals surface area contributed by atoms with E-state index in [-0.39, 0.29) is 0 Å². The Morgan fingerprint density at radius 3 is 2.33 bits per heavy atom. The molecule has 0 aromatic heterocycles. The SMILES string of the molecule is NC(=O)c1cc(NC(=O)[CH]CCc2ccccc2)c(F)c(F)c1F. The second-order valence-electron chi connectivity index (χ2n) is 5.00. The number of anilines is 1. The molecule has 4 nitrogen and oxygen atoms in total. The van der Waals surface area contributed by atoms with Gasteiger partial charge in [-0.3, -0.25) is 9.59 Å². The maximum absolute atomic E-state index is 13.7. The van der Waals surface area contributed by atoms with Gasteiger partial charge in [-0.05, 0) is 24.5 Å². The first-order valence-electron chi connectivity index (χ1n) is 7.05. The molecule has 0 saturated carbocycles. The summed E-state index contributed by atoms with van der Waals surface area (Å²) < 4.78 is 40.5. The van der Waals surface area contributed by atoms with Crippen LogP contribution in [-0.4, -0.2) is 11.8 Å². The summed E-state index contributed by atoms with van der Waals surface area (Å²) in [5.41, 5.74) is 4.41. The van der Waals surface area contributed by atoms with Crippen LogP contribution in [0.4, 0.5) is 18.9 Å². The Kier molecular flexibility index (Phi) is 5.57. The Morgan fingerprint density at radius 2 is 1.71 bits per heavy atom. The van der Waals surface area contributed by atoms with Gasteiger partial charge in [0.15, 0.2) is 17.5 Å². The molecule has 1 radical (unpaired) electrons. The van der Waals surface area contributed by atoms with E-state index in [9.17, 15) is 22.8 Å². The van der Waals surface area contributed by atoms with Crippen LogP contribution in [0.1, 0.15) is 22.3 Å². The number of nitrogens with one attached hydrogen (secondary N) is 1. The van der Waals surface area contributed by atoms with Crippen molar-refractivity contribution < 1.29 is 22.8 Å². The van der Waals surface area contributed by atoms with E-state index in [1.54, 1.807) is 0 Å². The van der Waals surface area contributed by atoms with Gasteiger partial charge in [0.05, 0.1) is 17.7 Å². The molecule has 125 valence electrons. The molecule has 7 heteroatoms. The fourth-order valence-corrected chi connectivity index (χ4v) is 2.07. The largest absolute Gasteiger partial charge is 0.366 e. The van der Waals surface area contributed by atoms with Crippen LogP contribution < -0.4 is 11.1 Å². The average Bonchev–Trinajstić information content (AvgIpc) is 2.56. The van der Waals surface area contributed by atoms with Crippen LogP contribution in [0.2, 0.25) is 0 Å². The van der Waals surface area contributed by atoms with Crippen molar-refractivity contribution in [2.75, 3.05) is 5.32 Å². The van der Waals surface area contributed by atoms with Crippen LogP contribution in [0, 0.1) is 23.9 Å². The smallest absolute Gasteiger partial charge is 0.251 e. The highest BCUT2D eigenvalue weighted by Crippen LogP contribution is 2.23. The van der Waals surface area contributed by atoms with Crippen molar-refractivity contribution in [3.63, 3.8) is 0 Å². The van der Waals surface area contributed by atoms with Crippen LogP contribution in [-0.2, 0) is 11.2 Å². The molecule has 0 bridgehead atoms. The summed E-state index contributed by atoms with van der Waals surface area (Å²) in [6.07, 6.45) is 2.20. The number of halogens is 3. The predicted molar refractivity (Wildman–Crippen MR) is 82.5 cm³/mol. The number of carbonyl (C=O) groups is 2. The van der Waals surface area contributed by atoms with Crippen molar-refractivity contribution >= 4 is 17.5 Å². The molecule has 2 aromatic rings. The first-order chi connectivity index (χ1) is 11.4. The lowest BCUT2D eigenvalue weighted by Gasteiger charge is -2.09. The molecule has 0 fully saturated rings. The van der Waals surface area contributed by atoms with Gasteiger partial charge < -0.3 is 11.1 Å². The highest BCUT2D eigenvalue weighted by Gasteiger charge is 2.22. The van der Waals surface area contributed by atoms with Gasteiger partial charge in [0.2, 0.25) is 5.91 Å². The number of nitrogens with two attached hydrogens (primary N) is 1. The summed E-state index contributed by atoms with van der Waals surface area (Å²) in [6.45, 7) is 0. The van der Waals surface area contributed by atoms with Gasteiger partial charge in [-0.1, -0.05) is 30.3 Å². The molecule has 24 heavy (non-hydrogen) atoms. The molecular formula is C17H14F3N2O2. The Hall–Kier alpha value is -2.83. The third-order valence-electron chi connectivity index (χ3n) is 3.28. The first-order valence-corrected chi connectivity index (χ1v) is 7.05. The zero-order valence-corrected chi connectivity index (χ0v) is 12.5. The van der Waals surface area contributed by atoms with Crippen molar-refractivity contribution in [3.8, 4) is 0 Å². The molecule has 0 aliphatic heterocycles. The van der Waals surface area contributed by atoms with E-state index >= 15 is 0 Å². The highest BCUT2D eigenvalue weighted by molar-refractivity contribution is 5.99. The highest BCUT2D eigenvalue weighted by atomic mass is 19.2. The Bertz CT molecular complexity index is 764. The monoisotopic (exact) mass is 335 g/mol. The second-order valence-corrected chi connectivity index (χ2v) is 5.00. The van der Waals surface area contributed by atoms with Gasteiger partial charge in [0.25, 0.3) is 5.91 Å². The van der Waals surface area contributed by atoms with Crippen molar-refractivity contribution in [2.45, 2.75) is 12.8 Å². The maximum atomic E-state index is 13.7. The number of hydrogen-bond acceptors (Lipinski definition) is 2. The van der Waals surface area contributed by atoms with Gasteiger partial charge in [-0.25, -0.2) is 13.2 Å². The fraction of sp³-hybridized carbons (Fsp3) is 0.118. The Morgan fingerprint density at radius 1 is 1.04 bits per heavy atom. The first kappa shape index (κ1) is 17.5. The van der Waals surface area contributed by atoms with Crippen molar-refractivity contribution in [3.05, 3.63) is 71.4 Å². The summed E-state index contributed by atoms with van der Waals surface area (Å²) in [4.78, 5) is 22.8. The fourth-order valence-electron chi connectivity index (χ4n) is 2.07. The molecule has 0 spiro atoms. The third-order valence-corrected chi connectivity index (χ3v) is 3.28. The van der Waals surface area contributed by atoms with Crippen LogP contribution in [0.15, 0.2) is 36.4 Å². The van der Waals surface area contributed by atoms with E-state index in [0.29, 0.717) is 18.9 Å². The Balaban J connectivity index is 2.02. The minimum absolute atomic E-state index is 0.365. The van der Waals surface area contributed by atoms with Gasteiger partial charge in [0, 0.05) is 0 Å². The summed E-state index contributed by atoms with van der Waals surface area (Å²) in [5, 5.41) is 2.08. The van der Waals surface area contributed by atoms with Crippen LogP contribution in [0.5, 0.6) is 0 Å². The van der Waals surface area contributed by atoms with Crippen LogP contribution >= 0.6 is 0 Å². The van der Waals surface area contributed by atoms with Gasteiger partial charge in [0.1, 0.15) is 0 Å². The number of hydrogen-bond donors (Lipinski definition) is 2. The summed E-state index contributed by atoms with van der Waals surface area (Å²) in [7, 11) is 0. The minimum atomic E-state index is -1.87. The number of primary amides is 1. The molecule has 0 aliphatic carbocycles. The van der Waals surface area contributed by atoms with Crippen molar-refractivity contribution in [1.82, 2.24) is 0 Å². The van der Waals surface area contributed by atoms with E-state index in [2.05, 4.69) is 5.32 Å². The summed E-state index contributed by atoms with van der Waals surface area (Å²) in [5.74, 6) is -7.12. The van der Waals surface area contributed by atoms with Gasteiger partial charge in [-0.15, -0.1) is 0 Å². The molecule has 0 saturated heterocycles. The van der Waals surface area contributed by atoms with Crippen molar-refractivity contribution in [2.24, 2.45) is 5.73 Å². The zero-order valence-electron chi connectivity index (χ0n) is 12.5. The number of benzene rings is 2.